The monoisotopic (exact) mass is 1730 g/mol. The largest absolute Gasteiger partial charge is 2.00 e. The summed E-state index contributed by atoms with van der Waals surface area (Å²) >= 11 is -22.5. The van der Waals surface area contributed by atoms with Gasteiger partial charge in [-0.05, 0) is 108 Å². The second kappa shape index (κ2) is 27.5. The second-order valence-electron chi connectivity index (χ2n) is 19.4. The smallest absolute Gasteiger partial charge is 2.00 e. The molecule has 0 amide bonds. The summed E-state index contributed by atoms with van der Waals surface area (Å²) in [4.78, 5) is 0. The first-order chi connectivity index (χ1) is 41.3. The van der Waals surface area contributed by atoms with Gasteiger partial charge in [-0.1, -0.05) is 192 Å². The van der Waals surface area contributed by atoms with Crippen molar-refractivity contribution in [2.75, 3.05) is 0 Å². The number of hydrogen-bond acceptors (Lipinski definition) is 2. The normalized spacial score (nSPS) is 12.7. The summed E-state index contributed by atoms with van der Waals surface area (Å²) < 4.78 is 243. The van der Waals surface area contributed by atoms with E-state index >= 15 is 0 Å². The Morgan fingerprint density at radius 2 is 0.484 bits per heavy atom. The van der Waals surface area contributed by atoms with Crippen LogP contribution in [0.3, 0.4) is 0 Å². The van der Waals surface area contributed by atoms with E-state index in [-0.39, 0.29) is 21.1 Å². The molecular formula is C62H40F22N2P2PtSb2. The molecule has 0 bridgehead atoms. The van der Waals surface area contributed by atoms with Crippen molar-refractivity contribution in [3.05, 3.63) is 261 Å². The molecule has 2 nitrogen and oxygen atoms in total. The number of rotatable bonds is 7. The number of nitrogens with zero attached hydrogens (tertiary/aromatic N) is 2. The Morgan fingerprint density at radius 3 is 0.692 bits per heavy atom. The first-order valence-electron chi connectivity index (χ1n) is 25.2. The molecule has 0 radical (unpaired) electrons. The fourth-order valence-corrected chi connectivity index (χ4v) is 13.3. The van der Waals surface area contributed by atoms with Gasteiger partial charge >= 0.3 is 93.8 Å². The van der Waals surface area contributed by atoms with Gasteiger partial charge in [-0.15, -0.1) is 0 Å². The third-order valence-electron chi connectivity index (χ3n) is 12.4. The van der Waals surface area contributed by atoms with Crippen LogP contribution in [0.5, 0.6) is 0 Å². The van der Waals surface area contributed by atoms with E-state index in [1.165, 1.54) is 86.8 Å². The fraction of sp³-hybridized carbons (Fsp3) is 0.0645. The van der Waals surface area contributed by atoms with Crippen molar-refractivity contribution in [1.29, 1.82) is 10.5 Å². The van der Waals surface area contributed by atoms with Gasteiger partial charge in [0.25, 0.3) is 0 Å². The van der Waals surface area contributed by atoms with Gasteiger partial charge in [0.1, 0.15) is 23.3 Å². The zero-order valence-corrected chi connectivity index (χ0v) is 55.6. The van der Waals surface area contributed by atoms with Crippen LogP contribution in [-0.4, -0.2) is 39.0 Å². The van der Waals surface area contributed by atoms with E-state index in [0.717, 1.165) is 12.1 Å². The predicted molar refractivity (Wildman–Crippen MR) is 310 cm³/mol. The van der Waals surface area contributed by atoms with Crippen molar-refractivity contribution >= 4 is 108 Å². The van der Waals surface area contributed by atoms with E-state index in [2.05, 4.69) is 198 Å². The predicted octanol–water partition coefficient (Wildman–Crippen LogP) is 19.2. The third-order valence-corrected chi connectivity index (χ3v) is 17.3. The minimum Gasteiger partial charge on any atom is 2.00 e. The van der Waals surface area contributed by atoms with Crippen LogP contribution in [0.25, 0.3) is 32.7 Å². The van der Waals surface area contributed by atoms with E-state index in [0.29, 0.717) is 0 Å². The Hall–Kier alpha value is -6.66. The number of aryl methyl sites for hydroxylation is 4. The molecule has 10 aromatic rings. The van der Waals surface area contributed by atoms with Gasteiger partial charge in [-0.2, -0.15) is 10.5 Å². The first kappa shape index (κ1) is 75.1. The molecule has 482 valence electrons. The molecule has 0 atom stereocenters. The van der Waals surface area contributed by atoms with Crippen molar-refractivity contribution < 1.29 is 98.7 Å². The van der Waals surface area contributed by atoms with Crippen LogP contribution >= 0.6 is 15.8 Å². The maximum Gasteiger partial charge on any atom is 2.00 e. The number of halogens is 22. The molecule has 0 aromatic heterocycles. The number of nitriles is 2. The van der Waals surface area contributed by atoms with Crippen molar-refractivity contribution in [2.24, 2.45) is 0 Å². The van der Waals surface area contributed by atoms with Gasteiger partial charge in [-0.3, -0.25) is 0 Å². The van der Waals surface area contributed by atoms with Crippen molar-refractivity contribution in [2.45, 2.75) is 27.7 Å². The molecule has 0 N–H and O–H groups in total. The summed E-state index contributed by atoms with van der Waals surface area (Å²) in [6.07, 6.45) is 0. The number of benzene rings is 10. The Labute approximate surface area is 526 Å². The molecule has 0 fully saturated rings. The van der Waals surface area contributed by atoms with E-state index in [4.69, 9.17) is 10.5 Å². The van der Waals surface area contributed by atoms with Gasteiger partial charge in [-0.25, -0.2) is 43.9 Å². The molecular weight excluding hydrogens is 1690 g/mol. The fourth-order valence-electron chi connectivity index (χ4n) is 8.45. The topological polar surface area (TPSA) is 47.6 Å². The third kappa shape index (κ3) is 21.2. The van der Waals surface area contributed by atoms with E-state index < -0.39 is 124 Å². The second-order valence-corrected chi connectivity index (χ2v) is 34.7. The number of fused-ring (bicyclic) bond motifs is 2. The molecule has 10 aromatic carbocycles. The molecule has 0 aliphatic rings. The Morgan fingerprint density at radius 1 is 0.286 bits per heavy atom. The summed E-state index contributed by atoms with van der Waals surface area (Å²) in [5.41, 5.74) is 4.89. The summed E-state index contributed by atoms with van der Waals surface area (Å²) in [5.74, 6) is -21.4. The molecule has 0 saturated heterocycles. The molecule has 0 unspecified atom stereocenters. The average Bonchev–Trinajstić information content (AvgIpc) is 0.733. The maximum atomic E-state index is 12.5. The van der Waals surface area contributed by atoms with Crippen LogP contribution in [-0.2, 0) is 21.1 Å². The van der Waals surface area contributed by atoms with Crippen LogP contribution in [0.1, 0.15) is 33.4 Å². The Kier molecular flexibility index (Phi) is 22.7. The van der Waals surface area contributed by atoms with E-state index in [9.17, 15) is 77.7 Å². The first-order valence-corrected chi connectivity index (χ1v) is 39.5. The van der Waals surface area contributed by atoms with E-state index in [1.807, 2.05) is 0 Å². The molecule has 91 heavy (non-hydrogen) atoms. The molecule has 0 heterocycles. The zero-order valence-electron chi connectivity index (χ0n) is 46.5. The molecule has 0 spiro atoms. The van der Waals surface area contributed by atoms with Crippen molar-refractivity contribution in [3.8, 4) is 23.3 Å². The van der Waals surface area contributed by atoms with E-state index in [1.54, 1.807) is 0 Å². The molecule has 0 aliphatic heterocycles. The van der Waals surface area contributed by atoms with Crippen LogP contribution in [0.2, 0.25) is 0 Å². The van der Waals surface area contributed by atoms with Crippen LogP contribution < -0.4 is 31.8 Å². The van der Waals surface area contributed by atoms with Crippen LogP contribution in [0.4, 0.5) is 77.7 Å². The Bertz CT molecular complexity index is 3960. The van der Waals surface area contributed by atoms with Crippen molar-refractivity contribution in [1.82, 2.24) is 0 Å². The summed E-state index contributed by atoms with van der Waals surface area (Å²) in [6, 6.07) is 66.4. The van der Waals surface area contributed by atoms with Gasteiger partial charge in [0.05, 0.1) is 0 Å². The zero-order chi connectivity index (χ0) is 67.4. The average molecular weight is 1730 g/mol. The summed E-state index contributed by atoms with van der Waals surface area (Å²) in [5, 5.41) is 29.5. The van der Waals surface area contributed by atoms with Gasteiger partial charge in [0.2, 0.25) is 11.6 Å². The Balaban J connectivity index is 0.000000296. The van der Waals surface area contributed by atoms with Gasteiger partial charge < -0.3 is 0 Å². The summed E-state index contributed by atoms with van der Waals surface area (Å²) in [6.45, 7) is 8.72. The molecule has 0 saturated carbocycles. The standard InChI is InChI=1S/C48H40P2.2C7F5N.12FH.Pt.2Sb/c1-33-13-23-39(24-14-33)49(40-25-15-34(2)16-26-40)45-31-21-37-9-5-7-11-43(37)47(45)48-44-12-8-6-10-38(44)22-32-46(48)50(41-27-17-35(3)18-28-41)42-29-19-36(4)20-30-42;2*8-3-2(1-13)4(9)6(11)7(12)5(3)10;;;;;;;;;;;;;;;/h5-32H,1-4H3;;;12*1H;;;/q;;;;;;;;;;;;;;;+2;2*+5/p-12. The molecule has 29 heteroatoms. The van der Waals surface area contributed by atoms with Crippen molar-refractivity contribution in [3.63, 3.8) is 0 Å². The van der Waals surface area contributed by atoms with Gasteiger partial charge in [0, 0.05) is 0 Å². The molecule has 10 rings (SSSR count). The van der Waals surface area contributed by atoms with Gasteiger partial charge in [0.15, 0.2) is 46.5 Å². The minimum atomic E-state index is -11.2. The van der Waals surface area contributed by atoms with Crippen LogP contribution in [0, 0.1) is 109 Å². The SMILES string of the molecule is Cc1ccc(P(c2ccc(C)cc2)c2ccc3ccccc3c2-c2c(P(c3ccc(C)cc3)c3ccc(C)cc3)ccc3ccccc23)cc1.N#Cc1c(F)c(F)c(F)c(F)c1F.N#Cc1c(F)c(F)c(F)c(F)c1F.[F][Sb-]([F])([F])([F])([F])[F].[F][Sb-]([F])([F])([F])([F])[F].[Pt+2]. The summed E-state index contributed by atoms with van der Waals surface area (Å²) in [7, 11) is -1.77. The van der Waals surface area contributed by atoms with Crippen LogP contribution in [0.15, 0.2) is 170 Å². The maximum absolute atomic E-state index is 12.5. The molecule has 0 aliphatic carbocycles. The quantitative estimate of drug-likeness (QED) is 0.0525. The minimum absolute atomic E-state index is 0. The number of hydrogen-bond donors (Lipinski definition) is 0.